The van der Waals surface area contributed by atoms with Gasteiger partial charge in [0.1, 0.15) is 18.8 Å². The summed E-state index contributed by atoms with van der Waals surface area (Å²) in [5.41, 5.74) is -2.58. The standard InChI is InChI=1S/C17H23ClN2O7/c1-9-7-20(15(25)19-12(9)23)13-10(21)11(22)17(27-13,5-6-18)8-26-14(24)16(2,3)4/h5-7,10-11,13,21-22H,8H2,1-4H3,(H,19,23,25)/b6-5-/t10-,11?,13+,17+/m0/s1. The minimum atomic E-state index is -1.67. The predicted molar refractivity (Wildman–Crippen MR) is 96.3 cm³/mol. The van der Waals surface area contributed by atoms with Gasteiger partial charge < -0.3 is 19.7 Å². The largest absolute Gasteiger partial charge is 0.462 e. The van der Waals surface area contributed by atoms with Crippen molar-refractivity contribution in [3.05, 3.63) is 44.2 Å². The fourth-order valence-corrected chi connectivity index (χ4v) is 2.83. The number of carbonyl (C=O) groups excluding carboxylic acids is 1. The molecule has 0 amide bonds. The molecule has 150 valence electrons. The van der Waals surface area contributed by atoms with E-state index in [4.69, 9.17) is 21.1 Å². The Hall–Kier alpha value is -1.94. The van der Waals surface area contributed by atoms with Gasteiger partial charge in [-0.2, -0.15) is 0 Å². The van der Waals surface area contributed by atoms with Gasteiger partial charge in [-0.3, -0.25) is 19.1 Å². The van der Waals surface area contributed by atoms with Crippen molar-refractivity contribution >= 4 is 17.6 Å². The summed E-state index contributed by atoms with van der Waals surface area (Å²) in [6.07, 6.45) is -1.98. The first-order valence-corrected chi connectivity index (χ1v) is 8.68. The molecule has 1 fully saturated rings. The van der Waals surface area contributed by atoms with Gasteiger partial charge in [0.2, 0.25) is 0 Å². The fraction of sp³-hybridized carbons (Fsp3) is 0.588. The van der Waals surface area contributed by atoms with E-state index in [2.05, 4.69) is 4.98 Å². The Kier molecular flexibility index (Phi) is 6.00. The van der Waals surface area contributed by atoms with Gasteiger partial charge in [0.25, 0.3) is 5.56 Å². The van der Waals surface area contributed by atoms with Crippen molar-refractivity contribution in [2.45, 2.75) is 51.7 Å². The van der Waals surface area contributed by atoms with Crippen LogP contribution in [0.5, 0.6) is 0 Å². The summed E-state index contributed by atoms with van der Waals surface area (Å²) in [7, 11) is 0. The zero-order chi connectivity index (χ0) is 20.6. The molecule has 10 heteroatoms. The van der Waals surface area contributed by atoms with Gasteiger partial charge in [0.15, 0.2) is 11.8 Å². The third-order valence-electron chi connectivity index (χ3n) is 4.26. The molecule has 1 aromatic rings. The second-order valence-corrected chi connectivity index (χ2v) is 7.75. The molecule has 4 atom stereocenters. The lowest BCUT2D eigenvalue weighted by molar-refractivity contribution is -0.166. The lowest BCUT2D eigenvalue weighted by Crippen LogP contribution is -2.46. The maximum absolute atomic E-state index is 12.1. The van der Waals surface area contributed by atoms with E-state index in [0.29, 0.717) is 0 Å². The number of rotatable bonds is 4. The number of carbonyl (C=O) groups is 1. The summed E-state index contributed by atoms with van der Waals surface area (Å²) in [4.78, 5) is 37.8. The summed E-state index contributed by atoms with van der Waals surface area (Å²) in [5, 5.41) is 21.0. The molecule has 1 aliphatic heterocycles. The monoisotopic (exact) mass is 402 g/mol. The van der Waals surface area contributed by atoms with Crippen molar-refractivity contribution in [3.63, 3.8) is 0 Å². The van der Waals surface area contributed by atoms with Crippen LogP contribution >= 0.6 is 11.6 Å². The fourth-order valence-electron chi connectivity index (χ4n) is 2.61. The van der Waals surface area contributed by atoms with E-state index in [1.807, 2.05) is 0 Å². The zero-order valence-corrected chi connectivity index (χ0v) is 16.2. The van der Waals surface area contributed by atoms with Crippen LogP contribution in [0.15, 0.2) is 27.4 Å². The number of aliphatic hydroxyl groups excluding tert-OH is 2. The van der Waals surface area contributed by atoms with E-state index in [1.54, 1.807) is 20.8 Å². The number of nitrogens with zero attached hydrogens (tertiary/aromatic N) is 1. The van der Waals surface area contributed by atoms with Crippen LogP contribution in [0.4, 0.5) is 0 Å². The molecule has 1 aromatic heterocycles. The van der Waals surface area contributed by atoms with Gasteiger partial charge in [-0.05, 0) is 33.8 Å². The van der Waals surface area contributed by atoms with Gasteiger partial charge in [0.05, 0.1) is 5.41 Å². The number of halogens is 1. The average Bonchev–Trinajstić information content (AvgIpc) is 2.81. The maximum atomic E-state index is 12.1. The van der Waals surface area contributed by atoms with Crippen LogP contribution in [0.3, 0.4) is 0 Å². The predicted octanol–water partition coefficient (Wildman–Crippen LogP) is 0.176. The second-order valence-electron chi connectivity index (χ2n) is 7.50. The van der Waals surface area contributed by atoms with E-state index < -0.39 is 53.3 Å². The van der Waals surface area contributed by atoms with Crippen LogP contribution in [-0.4, -0.2) is 50.1 Å². The Balaban J connectivity index is 2.39. The molecule has 0 aromatic carbocycles. The Morgan fingerprint density at radius 3 is 2.63 bits per heavy atom. The van der Waals surface area contributed by atoms with Gasteiger partial charge in [-0.25, -0.2) is 4.79 Å². The number of aromatic amines is 1. The molecule has 0 aliphatic carbocycles. The number of H-pyrrole nitrogens is 1. The van der Waals surface area contributed by atoms with Gasteiger partial charge in [0, 0.05) is 17.3 Å². The quantitative estimate of drug-likeness (QED) is 0.612. The molecular weight excluding hydrogens is 380 g/mol. The Morgan fingerprint density at radius 2 is 2.07 bits per heavy atom. The van der Waals surface area contributed by atoms with Crippen LogP contribution in [0.25, 0.3) is 0 Å². The lowest BCUT2D eigenvalue weighted by Gasteiger charge is -2.29. The van der Waals surface area contributed by atoms with Crippen molar-refractivity contribution in [1.82, 2.24) is 9.55 Å². The first kappa shape index (κ1) is 21.4. The number of nitrogens with one attached hydrogen (secondary N) is 1. The maximum Gasteiger partial charge on any atom is 0.330 e. The Labute approximate surface area is 160 Å². The van der Waals surface area contributed by atoms with Gasteiger partial charge in [-0.15, -0.1) is 0 Å². The number of ether oxygens (including phenoxy) is 2. The zero-order valence-electron chi connectivity index (χ0n) is 15.4. The second kappa shape index (κ2) is 7.59. The van der Waals surface area contributed by atoms with Crippen LogP contribution in [0.2, 0.25) is 0 Å². The highest BCUT2D eigenvalue weighted by Crippen LogP contribution is 2.38. The smallest absolute Gasteiger partial charge is 0.330 e. The van der Waals surface area contributed by atoms with E-state index in [-0.39, 0.29) is 5.56 Å². The molecule has 2 rings (SSSR count). The summed E-state index contributed by atoms with van der Waals surface area (Å²) in [6, 6.07) is 0. The van der Waals surface area contributed by atoms with Crippen LogP contribution in [0, 0.1) is 12.3 Å². The van der Waals surface area contributed by atoms with Crippen molar-refractivity contribution in [2.75, 3.05) is 6.61 Å². The summed E-state index contributed by atoms with van der Waals surface area (Å²) < 4.78 is 11.9. The SMILES string of the molecule is Cc1cn([C@@H]2O[C@](/C=C\Cl)(COC(=O)C(C)(C)C)C(O)[C@@H]2O)c(=O)[nH]c1=O. The topological polar surface area (TPSA) is 131 Å². The molecule has 1 saturated heterocycles. The number of hydrogen-bond donors (Lipinski definition) is 3. The van der Waals surface area contributed by atoms with E-state index in [1.165, 1.54) is 19.2 Å². The molecule has 2 heterocycles. The number of esters is 1. The van der Waals surface area contributed by atoms with E-state index in [9.17, 15) is 24.6 Å². The number of aryl methyl sites for hydroxylation is 1. The third kappa shape index (κ3) is 4.16. The lowest BCUT2D eigenvalue weighted by atomic mass is 9.95. The molecule has 1 unspecified atom stereocenters. The molecule has 1 aliphatic rings. The minimum Gasteiger partial charge on any atom is -0.462 e. The van der Waals surface area contributed by atoms with Crippen molar-refractivity contribution in [1.29, 1.82) is 0 Å². The first-order valence-electron chi connectivity index (χ1n) is 8.24. The van der Waals surface area contributed by atoms with E-state index in [0.717, 1.165) is 10.1 Å². The molecular formula is C17H23ClN2O7. The molecule has 0 spiro atoms. The number of hydrogen-bond acceptors (Lipinski definition) is 7. The highest BCUT2D eigenvalue weighted by Gasteiger charge is 2.55. The molecule has 3 N–H and O–H groups in total. The summed E-state index contributed by atoms with van der Waals surface area (Å²) >= 11 is 5.65. The van der Waals surface area contributed by atoms with Crippen molar-refractivity contribution < 1.29 is 24.5 Å². The van der Waals surface area contributed by atoms with Crippen LogP contribution in [0.1, 0.15) is 32.6 Å². The highest BCUT2D eigenvalue weighted by atomic mass is 35.5. The highest BCUT2D eigenvalue weighted by molar-refractivity contribution is 6.25. The number of aromatic nitrogens is 2. The van der Waals surface area contributed by atoms with Crippen LogP contribution < -0.4 is 11.2 Å². The summed E-state index contributed by atoms with van der Waals surface area (Å²) in [6.45, 7) is 6.02. The summed E-state index contributed by atoms with van der Waals surface area (Å²) in [5.74, 6) is -0.546. The normalized spacial score (nSPS) is 28.6. The molecule has 0 radical (unpaired) electrons. The molecule has 9 nitrogen and oxygen atoms in total. The third-order valence-corrected chi connectivity index (χ3v) is 4.39. The molecule has 0 bridgehead atoms. The Bertz CT molecular complexity index is 854. The van der Waals surface area contributed by atoms with E-state index >= 15 is 0 Å². The average molecular weight is 403 g/mol. The molecule has 0 saturated carbocycles. The van der Waals surface area contributed by atoms with Crippen molar-refractivity contribution in [3.8, 4) is 0 Å². The Morgan fingerprint density at radius 1 is 1.44 bits per heavy atom. The van der Waals surface area contributed by atoms with Gasteiger partial charge in [-0.1, -0.05) is 11.6 Å². The molecule has 27 heavy (non-hydrogen) atoms. The number of aliphatic hydroxyl groups is 2. The first-order chi connectivity index (χ1) is 12.4. The van der Waals surface area contributed by atoms with Crippen LogP contribution in [-0.2, 0) is 14.3 Å². The van der Waals surface area contributed by atoms with Gasteiger partial charge >= 0.3 is 11.7 Å². The van der Waals surface area contributed by atoms with Crippen molar-refractivity contribution in [2.24, 2.45) is 5.41 Å². The minimum absolute atomic E-state index is 0.212.